The Labute approximate surface area is 121 Å². The van der Waals surface area contributed by atoms with E-state index in [-0.39, 0.29) is 0 Å². The van der Waals surface area contributed by atoms with Gasteiger partial charge in [-0.15, -0.1) is 0 Å². The van der Waals surface area contributed by atoms with Crippen LogP contribution in [0, 0.1) is 20.8 Å². The zero-order valence-electron chi connectivity index (χ0n) is 12.8. The number of hydrogen-bond acceptors (Lipinski definition) is 2. The van der Waals surface area contributed by atoms with E-state index in [1.54, 1.807) is 0 Å². The molecular formula is C18H23NO. The minimum absolute atomic E-state index is 0.682. The van der Waals surface area contributed by atoms with Crippen LogP contribution in [-0.2, 0) is 6.54 Å². The van der Waals surface area contributed by atoms with Gasteiger partial charge in [-0.05, 0) is 62.1 Å². The van der Waals surface area contributed by atoms with E-state index >= 15 is 0 Å². The molecule has 0 bridgehead atoms. The molecule has 1 N–H and O–H groups in total. The van der Waals surface area contributed by atoms with Crippen molar-refractivity contribution in [3.63, 3.8) is 0 Å². The maximum Gasteiger partial charge on any atom is 0.142 e. The second kappa shape index (κ2) is 6.47. The molecule has 0 amide bonds. The van der Waals surface area contributed by atoms with Crippen LogP contribution in [0.3, 0.4) is 0 Å². The van der Waals surface area contributed by atoms with Crippen LogP contribution in [0.4, 0.5) is 5.69 Å². The molecule has 0 radical (unpaired) electrons. The molecule has 0 fully saturated rings. The van der Waals surface area contributed by atoms with Crippen LogP contribution in [0.15, 0.2) is 36.4 Å². The summed E-state index contributed by atoms with van der Waals surface area (Å²) in [6.07, 6.45) is 0. The highest BCUT2D eigenvalue weighted by molar-refractivity contribution is 5.58. The highest BCUT2D eigenvalue weighted by atomic mass is 16.5. The van der Waals surface area contributed by atoms with Gasteiger partial charge in [0.05, 0.1) is 12.3 Å². The van der Waals surface area contributed by atoms with Crippen molar-refractivity contribution in [1.82, 2.24) is 0 Å². The average Bonchev–Trinajstić information content (AvgIpc) is 2.42. The summed E-state index contributed by atoms with van der Waals surface area (Å²) in [5, 5.41) is 3.48. The van der Waals surface area contributed by atoms with Crippen molar-refractivity contribution in [3.05, 3.63) is 58.7 Å². The second-order valence-electron chi connectivity index (χ2n) is 5.15. The standard InChI is InChI=1S/C18H23NO/c1-5-20-18-11-13(2)9-10-17(18)19-12-16-8-6-7-14(3)15(16)4/h6-11,19H,5,12H2,1-4H3. The Morgan fingerprint density at radius 1 is 1.05 bits per heavy atom. The Morgan fingerprint density at radius 3 is 2.60 bits per heavy atom. The van der Waals surface area contributed by atoms with Gasteiger partial charge in [0.25, 0.3) is 0 Å². The Balaban J connectivity index is 2.16. The highest BCUT2D eigenvalue weighted by Crippen LogP contribution is 2.26. The first-order valence-corrected chi connectivity index (χ1v) is 7.14. The van der Waals surface area contributed by atoms with E-state index in [0.717, 1.165) is 18.0 Å². The minimum Gasteiger partial charge on any atom is -0.492 e. The summed E-state index contributed by atoms with van der Waals surface area (Å²) in [5.74, 6) is 0.929. The van der Waals surface area contributed by atoms with E-state index in [1.807, 2.05) is 6.92 Å². The fourth-order valence-corrected chi connectivity index (χ4v) is 2.24. The average molecular weight is 269 g/mol. The first kappa shape index (κ1) is 14.4. The smallest absolute Gasteiger partial charge is 0.142 e. The number of hydrogen-bond donors (Lipinski definition) is 1. The molecule has 0 heterocycles. The van der Waals surface area contributed by atoms with Gasteiger partial charge in [0.2, 0.25) is 0 Å². The molecule has 0 aliphatic heterocycles. The van der Waals surface area contributed by atoms with Gasteiger partial charge in [-0.3, -0.25) is 0 Å². The summed E-state index contributed by atoms with van der Waals surface area (Å²) in [5.41, 5.74) is 6.28. The van der Waals surface area contributed by atoms with Gasteiger partial charge in [-0.1, -0.05) is 24.3 Å². The summed E-state index contributed by atoms with van der Waals surface area (Å²) in [6.45, 7) is 9.91. The van der Waals surface area contributed by atoms with Crippen LogP contribution in [-0.4, -0.2) is 6.61 Å². The molecule has 2 aromatic carbocycles. The molecule has 0 aliphatic rings. The number of anilines is 1. The van der Waals surface area contributed by atoms with E-state index in [4.69, 9.17) is 4.74 Å². The van der Waals surface area contributed by atoms with Crippen molar-refractivity contribution in [2.45, 2.75) is 34.2 Å². The zero-order chi connectivity index (χ0) is 14.5. The first-order chi connectivity index (χ1) is 9.61. The molecule has 0 atom stereocenters. The highest BCUT2D eigenvalue weighted by Gasteiger charge is 2.05. The molecule has 2 aromatic rings. The third kappa shape index (κ3) is 3.32. The molecule has 106 valence electrons. The van der Waals surface area contributed by atoms with Gasteiger partial charge < -0.3 is 10.1 Å². The Bertz CT molecular complexity index is 590. The predicted molar refractivity (Wildman–Crippen MR) is 85.6 cm³/mol. The van der Waals surface area contributed by atoms with Crippen LogP contribution in [0.1, 0.15) is 29.2 Å². The molecular weight excluding hydrogens is 246 g/mol. The summed E-state index contributed by atoms with van der Waals surface area (Å²) < 4.78 is 5.70. The van der Waals surface area contributed by atoms with Crippen molar-refractivity contribution < 1.29 is 4.74 Å². The number of benzene rings is 2. The van der Waals surface area contributed by atoms with Crippen molar-refractivity contribution in [2.24, 2.45) is 0 Å². The molecule has 0 spiro atoms. The Morgan fingerprint density at radius 2 is 1.85 bits per heavy atom. The lowest BCUT2D eigenvalue weighted by atomic mass is 10.0. The van der Waals surface area contributed by atoms with Crippen LogP contribution >= 0.6 is 0 Å². The van der Waals surface area contributed by atoms with Crippen molar-refractivity contribution in [1.29, 1.82) is 0 Å². The van der Waals surface area contributed by atoms with Crippen LogP contribution in [0.25, 0.3) is 0 Å². The van der Waals surface area contributed by atoms with Gasteiger partial charge in [0, 0.05) is 6.54 Å². The lowest BCUT2D eigenvalue weighted by molar-refractivity contribution is 0.341. The molecule has 0 aromatic heterocycles. The number of rotatable bonds is 5. The van der Waals surface area contributed by atoms with E-state index in [9.17, 15) is 0 Å². The molecule has 0 saturated heterocycles. The van der Waals surface area contributed by atoms with E-state index in [1.165, 1.54) is 22.3 Å². The Hall–Kier alpha value is -1.96. The summed E-state index contributed by atoms with van der Waals surface area (Å²) >= 11 is 0. The van der Waals surface area contributed by atoms with Gasteiger partial charge in [0.1, 0.15) is 5.75 Å². The molecule has 0 saturated carbocycles. The fourth-order valence-electron chi connectivity index (χ4n) is 2.24. The summed E-state index contributed by atoms with van der Waals surface area (Å²) in [7, 11) is 0. The largest absolute Gasteiger partial charge is 0.492 e. The lowest BCUT2D eigenvalue weighted by Crippen LogP contribution is -2.04. The molecule has 2 heteroatoms. The van der Waals surface area contributed by atoms with E-state index < -0.39 is 0 Å². The molecule has 2 nitrogen and oxygen atoms in total. The SMILES string of the molecule is CCOc1cc(C)ccc1NCc1cccc(C)c1C. The molecule has 0 unspecified atom stereocenters. The van der Waals surface area contributed by atoms with Gasteiger partial charge in [-0.2, -0.15) is 0 Å². The first-order valence-electron chi connectivity index (χ1n) is 7.14. The maximum atomic E-state index is 5.70. The summed E-state index contributed by atoms with van der Waals surface area (Å²) in [6, 6.07) is 12.7. The normalized spacial score (nSPS) is 10.4. The van der Waals surface area contributed by atoms with Crippen LogP contribution < -0.4 is 10.1 Å². The Kier molecular flexibility index (Phi) is 4.67. The van der Waals surface area contributed by atoms with E-state index in [2.05, 4.69) is 62.5 Å². The van der Waals surface area contributed by atoms with Crippen molar-refractivity contribution in [2.75, 3.05) is 11.9 Å². The van der Waals surface area contributed by atoms with Crippen molar-refractivity contribution in [3.8, 4) is 5.75 Å². The molecule has 0 aliphatic carbocycles. The quantitative estimate of drug-likeness (QED) is 0.855. The predicted octanol–water partition coefficient (Wildman–Crippen LogP) is 4.62. The minimum atomic E-state index is 0.682. The number of ether oxygens (including phenoxy) is 1. The van der Waals surface area contributed by atoms with Crippen molar-refractivity contribution >= 4 is 5.69 Å². The third-order valence-corrected chi connectivity index (χ3v) is 3.62. The van der Waals surface area contributed by atoms with E-state index in [0.29, 0.717) is 6.61 Å². The number of nitrogens with one attached hydrogen (secondary N) is 1. The van der Waals surface area contributed by atoms with Crippen LogP contribution in [0.2, 0.25) is 0 Å². The fraction of sp³-hybridized carbons (Fsp3) is 0.333. The topological polar surface area (TPSA) is 21.3 Å². The maximum absolute atomic E-state index is 5.70. The molecule has 20 heavy (non-hydrogen) atoms. The zero-order valence-corrected chi connectivity index (χ0v) is 12.8. The second-order valence-corrected chi connectivity index (χ2v) is 5.15. The lowest BCUT2D eigenvalue weighted by Gasteiger charge is -2.15. The van der Waals surface area contributed by atoms with Gasteiger partial charge in [-0.25, -0.2) is 0 Å². The van der Waals surface area contributed by atoms with Gasteiger partial charge in [0.15, 0.2) is 0 Å². The van der Waals surface area contributed by atoms with Gasteiger partial charge >= 0.3 is 0 Å². The number of aryl methyl sites for hydroxylation is 2. The third-order valence-electron chi connectivity index (χ3n) is 3.62. The molecule has 2 rings (SSSR count). The van der Waals surface area contributed by atoms with Crippen LogP contribution in [0.5, 0.6) is 5.75 Å². The summed E-state index contributed by atoms with van der Waals surface area (Å²) in [4.78, 5) is 0. The monoisotopic (exact) mass is 269 g/mol.